The van der Waals surface area contributed by atoms with Gasteiger partial charge in [0.2, 0.25) is 0 Å². The van der Waals surface area contributed by atoms with E-state index in [4.69, 9.17) is 9.47 Å². The first-order chi connectivity index (χ1) is 6.70. The number of hydrogen-bond donors (Lipinski definition) is 1. The summed E-state index contributed by atoms with van der Waals surface area (Å²) in [5.41, 5.74) is 0. The zero-order valence-electron chi connectivity index (χ0n) is 8.07. The predicted molar refractivity (Wildman–Crippen MR) is 53.1 cm³/mol. The lowest BCUT2D eigenvalue weighted by atomic mass is 10.4. The van der Waals surface area contributed by atoms with Gasteiger partial charge in [-0.15, -0.1) is 11.3 Å². The summed E-state index contributed by atoms with van der Waals surface area (Å²) in [6.45, 7) is 4.26. The highest BCUT2D eigenvalue weighted by atomic mass is 32.1. The summed E-state index contributed by atoms with van der Waals surface area (Å²) in [6.07, 6.45) is 0. The Balaban J connectivity index is 2.83. The summed E-state index contributed by atoms with van der Waals surface area (Å²) in [4.78, 5) is 11.4. The fourth-order valence-corrected chi connectivity index (χ4v) is 1.71. The van der Waals surface area contributed by atoms with Gasteiger partial charge >= 0.3 is 5.97 Å². The zero-order chi connectivity index (χ0) is 10.6. The third-order valence-electron chi connectivity index (χ3n) is 1.49. The van der Waals surface area contributed by atoms with Crippen LogP contribution in [0.3, 0.4) is 0 Å². The van der Waals surface area contributed by atoms with Crippen molar-refractivity contribution in [3.05, 3.63) is 10.3 Å². The third kappa shape index (κ3) is 2.17. The van der Waals surface area contributed by atoms with Crippen LogP contribution in [0.25, 0.3) is 0 Å². The zero-order valence-corrected chi connectivity index (χ0v) is 8.89. The van der Waals surface area contributed by atoms with Crippen molar-refractivity contribution in [1.82, 2.24) is 0 Å². The van der Waals surface area contributed by atoms with Gasteiger partial charge in [-0.05, 0) is 13.8 Å². The van der Waals surface area contributed by atoms with Crippen LogP contribution in [-0.2, 0) is 4.74 Å². The maximum Gasteiger partial charge on any atom is 0.352 e. The minimum Gasteiger partial charge on any atom is -0.503 e. The van der Waals surface area contributed by atoms with Crippen molar-refractivity contribution < 1.29 is 19.4 Å². The van der Waals surface area contributed by atoms with Crippen LogP contribution >= 0.6 is 11.3 Å². The molecule has 0 atom stereocenters. The molecule has 0 bridgehead atoms. The molecular formula is C9H12O4S. The molecule has 1 rings (SSSR count). The van der Waals surface area contributed by atoms with Crippen molar-refractivity contribution in [2.75, 3.05) is 13.2 Å². The van der Waals surface area contributed by atoms with E-state index in [1.165, 1.54) is 0 Å². The molecule has 0 saturated carbocycles. The lowest BCUT2D eigenvalue weighted by molar-refractivity contribution is 0.0528. The highest BCUT2D eigenvalue weighted by molar-refractivity contribution is 7.12. The van der Waals surface area contributed by atoms with Gasteiger partial charge < -0.3 is 14.6 Å². The Kier molecular flexibility index (Phi) is 3.76. The first-order valence-corrected chi connectivity index (χ1v) is 5.19. The first kappa shape index (κ1) is 10.8. The molecule has 0 amide bonds. The van der Waals surface area contributed by atoms with E-state index in [0.29, 0.717) is 19.0 Å². The molecule has 1 N–H and O–H groups in total. The highest BCUT2D eigenvalue weighted by Gasteiger charge is 2.18. The van der Waals surface area contributed by atoms with Crippen LogP contribution in [0.4, 0.5) is 0 Å². The van der Waals surface area contributed by atoms with Gasteiger partial charge in [-0.25, -0.2) is 4.79 Å². The Morgan fingerprint density at radius 3 is 2.79 bits per heavy atom. The van der Waals surface area contributed by atoms with E-state index < -0.39 is 5.97 Å². The molecule has 1 aromatic heterocycles. The second-order valence-electron chi connectivity index (χ2n) is 2.43. The lowest BCUT2D eigenvalue weighted by Crippen LogP contribution is -2.02. The molecule has 0 aliphatic heterocycles. The van der Waals surface area contributed by atoms with Crippen LogP contribution in [0.1, 0.15) is 23.5 Å². The van der Waals surface area contributed by atoms with E-state index in [-0.39, 0.29) is 10.6 Å². The van der Waals surface area contributed by atoms with Gasteiger partial charge in [0.15, 0.2) is 16.4 Å². The minimum absolute atomic E-state index is 0.129. The Morgan fingerprint density at radius 1 is 1.50 bits per heavy atom. The molecule has 1 heterocycles. The second-order valence-corrected chi connectivity index (χ2v) is 3.31. The molecular weight excluding hydrogens is 204 g/mol. The van der Waals surface area contributed by atoms with Crippen molar-refractivity contribution in [3.63, 3.8) is 0 Å². The van der Waals surface area contributed by atoms with Crippen LogP contribution in [-0.4, -0.2) is 24.3 Å². The van der Waals surface area contributed by atoms with Gasteiger partial charge in [-0.3, -0.25) is 0 Å². The Morgan fingerprint density at radius 2 is 2.21 bits per heavy atom. The van der Waals surface area contributed by atoms with Crippen LogP contribution in [0.2, 0.25) is 0 Å². The monoisotopic (exact) mass is 216 g/mol. The summed E-state index contributed by atoms with van der Waals surface area (Å²) >= 11 is 1.11. The summed E-state index contributed by atoms with van der Waals surface area (Å²) in [5.74, 6) is -0.309. The average molecular weight is 216 g/mol. The molecule has 0 aliphatic rings. The SMILES string of the molecule is CCOC(=O)c1scc(OCC)c1O. The number of carbonyl (C=O) groups excluding carboxylic acids is 1. The smallest absolute Gasteiger partial charge is 0.352 e. The van der Waals surface area contributed by atoms with Gasteiger partial charge in [0.1, 0.15) is 0 Å². The molecule has 0 spiro atoms. The summed E-state index contributed by atoms with van der Waals surface area (Å²) < 4.78 is 9.85. The highest BCUT2D eigenvalue weighted by Crippen LogP contribution is 2.36. The van der Waals surface area contributed by atoms with Gasteiger partial charge in [0, 0.05) is 5.38 Å². The van der Waals surface area contributed by atoms with Gasteiger partial charge in [-0.2, -0.15) is 0 Å². The van der Waals surface area contributed by atoms with Crippen molar-refractivity contribution in [1.29, 1.82) is 0 Å². The Bertz CT molecular complexity index is 319. The van der Waals surface area contributed by atoms with Crippen LogP contribution < -0.4 is 4.74 Å². The molecule has 1 aromatic rings. The third-order valence-corrected chi connectivity index (χ3v) is 2.42. The fourth-order valence-electron chi connectivity index (χ4n) is 0.935. The van der Waals surface area contributed by atoms with Crippen molar-refractivity contribution in [2.45, 2.75) is 13.8 Å². The maximum absolute atomic E-state index is 11.3. The lowest BCUT2D eigenvalue weighted by Gasteiger charge is -2.01. The van der Waals surface area contributed by atoms with E-state index >= 15 is 0 Å². The van der Waals surface area contributed by atoms with Crippen LogP contribution in [0, 0.1) is 0 Å². The molecule has 14 heavy (non-hydrogen) atoms. The van der Waals surface area contributed by atoms with E-state index in [2.05, 4.69) is 0 Å². The number of esters is 1. The topological polar surface area (TPSA) is 55.8 Å². The number of aromatic hydroxyl groups is 1. The van der Waals surface area contributed by atoms with E-state index in [1.54, 1.807) is 19.2 Å². The number of ether oxygens (including phenoxy) is 2. The molecule has 4 nitrogen and oxygen atoms in total. The fraction of sp³-hybridized carbons (Fsp3) is 0.444. The van der Waals surface area contributed by atoms with Gasteiger partial charge in [-0.1, -0.05) is 0 Å². The van der Waals surface area contributed by atoms with Crippen molar-refractivity contribution >= 4 is 17.3 Å². The molecule has 0 radical (unpaired) electrons. The van der Waals surface area contributed by atoms with Gasteiger partial charge in [0.05, 0.1) is 13.2 Å². The number of hydrogen-bond acceptors (Lipinski definition) is 5. The molecule has 0 fully saturated rings. The molecule has 5 heteroatoms. The molecule has 0 aliphatic carbocycles. The summed E-state index contributed by atoms with van der Waals surface area (Å²) in [5, 5.41) is 11.1. The second kappa shape index (κ2) is 4.85. The first-order valence-electron chi connectivity index (χ1n) is 4.31. The Labute approximate surface area is 86.1 Å². The standard InChI is InChI=1S/C9H12O4S/c1-3-12-6-5-14-8(7(6)10)9(11)13-4-2/h5,10H,3-4H2,1-2H3. The van der Waals surface area contributed by atoms with Gasteiger partial charge in [0.25, 0.3) is 0 Å². The predicted octanol–water partition coefficient (Wildman–Crippen LogP) is 2.03. The molecule has 0 unspecified atom stereocenters. The minimum atomic E-state index is -0.513. The largest absolute Gasteiger partial charge is 0.503 e. The maximum atomic E-state index is 11.3. The summed E-state index contributed by atoms with van der Waals surface area (Å²) in [7, 11) is 0. The normalized spacial score (nSPS) is 9.86. The van der Waals surface area contributed by atoms with E-state index in [0.717, 1.165) is 11.3 Å². The number of carbonyl (C=O) groups is 1. The van der Waals surface area contributed by atoms with Crippen molar-refractivity contribution in [2.24, 2.45) is 0 Å². The quantitative estimate of drug-likeness (QED) is 0.782. The average Bonchev–Trinajstić information content (AvgIpc) is 2.49. The molecule has 78 valence electrons. The van der Waals surface area contributed by atoms with Crippen molar-refractivity contribution in [3.8, 4) is 11.5 Å². The molecule has 0 aromatic carbocycles. The number of rotatable bonds is 4. The van der Waals surface area contributed by atoms with Crippen LogP contribution in [0.5, 0.6) is 11.5 Å². The van der Waals surface area contributed by atoms with Crippen LogP contribution in [0.15, 0.2) is 5.38 Å². The Hall–Kier alpha value is -1.23. The molecule has 0 saturated heterocycles. The number of thiophene rings is 1. The van der Waals surface area contributed by atoms with E-state index in [1.807, 2.05) is 0 Å². The summed E-state index contributed by atoms with van der Waals surface area (Å²) in [6, 6.07) is 0. The van der Waals surface area contributed by atoms with E-state index in [9.17, 15) is 9.90 Å².